The zero-order valence-corrected chi connectivity index (χ0v) is 14.2. The first-order chi connectivity index (χ1) is 10.3. The molecule has 0 aromatic heterocycles. The van der Waals surface area contributed by atoms with Gasteiger partial charge in [0, 0.05) is 0 Å². The van der Waals surface area contributed by atoms with E-state index in [1.165, 1.54) is 12.0 Å². The Morgan fingerprint density at radius 3 is 2.45 bits per heavy atom. The second-order valence-corrected chi connectivity index (χ2v) is 11.8. The predicted octanol–water partition coefficient (Wildman–Crippen LogP) is 3.45. The molecule has 1 aliphatic heterocycles. The molecule has 0 radical (unpaired) electrons. The highest BCUT2D eigenvalue weighted by molar-refractivity contribution is 6.80. The molecule has 2 unspecified atom stereocenters. The summed E-state index contributed by atoms with van der Waals surface area (Å²) in [5.41, 5.74) is 0.950. The SMILES string of the molecule is COC(=O)N1c2ccccc2C=CC1C(C(=O)O)[Si](C)(C)C. The first-order valence-electron chi connectivity index (χ1n) is 7.14. The van der Waals surface area contributed by atoms with E-state index in [4.69, 9.17) is 4.74 Å². The molecule has 0 saturated carbocycles. The van der Waals surface area contributed by atoms with Crippen molar-refractivity contribution in [1.29, 1.82) is 0 Å². The van der Waals surface area contributed by atoms with Crippen LogP contribution in [0.4, 0.5) is 10.5 Å². The fourth-order valence-electron chi connectivity index (χ4n) is 2.90. The fraction of sp³-hybridized carbons (Fsp3) is 0.375. The second-order valence-electron chi connectivity index (χ2n) is 6.43. The minimum atomic E-state index is -2.06. The summed E-state index contributed by atoms with van der Waals surface area (Å²) in [5.74, 6) is -0.873. The lowest BCUT2D eigenvalue weighted by atomic mass is 10.0. The number of hydrogen-bond acceptors (Lipinski definition) is 3. The Labute approximate surface area is 131 Å². The van der Waals surface area contributed by atoms with Crippen LogP contribution >= 0.6 is 0 Å². The first kappa shape index (κ1) is 16.3. The lowest BCUT2D eigenvalue weighted by molar-refractivity contribution is -0.137. The number of amides is 1. The van der Waals surface area contributed by atoms with Crippen molar-refractivity contribution in [1.82, 2.24) is 0 Å². The molecule has 0 saturated heterocycles. The highest BCUT2D eigenvalue weighted by Crippen LogP contribution is 2.38. The van der Waals surface area contributed by atoms with Crippen molar-refractivity contribution < 1.29 is 19.4 Å². The summed E-state index contributed by atoms with van der Waals surface area (Å²) in [6.45, 7) is 5.99. The third kappa shape index (κ3) is 2.92. The molecule has 1 heterocycles. The summed E-state index contributed by atoms with van der Waals surface area (Å²) in [5, 5.41) is 9.70. The van der Waals surface area contributed by atoms with Gasteiger partial charge >= 0.3 is 12.1 Å². The largest absolute Gasteiger partial charge is 0.481 e. The number of carboxylic acid groups (broad SMARTS) is 1. The predicted molar refractivity (Wildman–Crippen MR) is 88.9 cm³/mol. The molecule has 0 aliphatic carbocycles. The molecule has 0 fully saturated rings. The Bertz CT molecular complexity index is 621. The molecule has 1 amide bonds. The van der Waals surface area contributed by atoms with Gasteiger partial charge in [0.05, 0.1) is 32.5 Å². The van der Waals surface area contributed by atoms with Gasteiger partial charge in [0.15, 0.2) is 0 Å². The topological polar surface area (TPSA) is 66.8 Å². The first-order valence-corrected chi connectivity index (χ1v) is 10.7. The number of nitrogens with zero attached hydrogens (tertiary/aromatic N) is 1. The Morgan fingerprint density at radius 1 is 1.27 bits per heavy atom. The molecule has 1 aromatic rings. The van der Waals surface area contributed by atoms with Gasteiger partial charge in [0.25, 0.3) is 0 Å². The fourth-order valence-corrected chi connectivity index (χ4v) is 4.93. The van der Waals surface area contributed by atoms with E-state index in [-0.39, 0.29) is 0 Å². The van der Waals surface area contributed by atoms with Crippen molar-refractivity contribution in [3.8, 4) is 0 Å². The maximum atomic E-state index is 12.3. The van der Waals surface area contributed by atoms with E-state index in [2.05, 4.69) is 0 Å². The van der Waals surface area contributed by atoms with E-state index in [0.29, 0.717) is 5.69 Å². The number of fused-ring (bicyclic) bond motifs is 1. The van der Waals surface area contributed by atoms with Gasteiger partial charge in [-0.05, 0) is 11.6 Å². The summed E-state index contributed by atoms with van der Waals surface area (Å²) in [7, 11) is -0.749. The molecule has 22 heavy (non-hydrogen) atoms. The van der Waals surface area contributed by atoms with Gasteiger partial charge in [-0.25, -0.2) is 4.79 Å². The molecule has 5 nitrogen and oxygen atoms in total. The molecule has 6 heteroatoms. The number of rotatable bonds is 3. The van der Waals surface area contributed by atoms with Crippen molar-refractivity contribution >= 4 is 31.9 Å². The van der Waals surface area contributed by atoms with Crippen molar-refractivity contribution in [2.45, 2.75) is 31.2 Å². The number of aliphatic carboxylic acids is 1. The highest BCUT2D eigenvalue weighted by Gasteiger charge is 2.44. The average molecular weight is 319 g/mol. The van der Waals surface area contributed by atoms with Gasteiger partial charge in [-0.15, -0.1) is 0 Å². The number of carbonyl (C=O) groups is 2. The van der Waals surface area contributed by atoms with Gasteiger partial charge in [-0.2, -0.15) is 0 Å². The number of benzene rings is 1. The van der Waals surface area contributed by atoms with Crippen LogP contribution in [-0.2, 0) is 9.53 Å². The maximum absolute atomic E-state index is 12.3. The molecule has 1 aliphatic rings. The summed E-state index contributed by atoms with van der Waals surface area (Å²) in [6.07, 6.45) is 3.15. The van der Waals surface area contributed by atoms with Gasteiger partial charge in [0.2, 0.25) is 0 Å². The molecule has 1 N–H and O–H groups in total. The van der Waals surface area contributed by atoms with Gasteiger partial charge < -0.3 is 9.84 Å². The molecule has 0 bridgehead atoms. The van der Waals surface area contributed by atoms with E-state index >= 15 is 0 Å². The summed E-state index contributed by atoms with van der Waals surface area (Å²) < 4.78 is 4.89. The van der Waals surface area contributed by atoms with Crippen LogP contribution in [0.15, 0.2) is 30.3 Å². The van der Waals surface area contributed by atoms with Crippen molar-refractivity contribution in [3.05, 3.63) is 35.9 Å². The highest BCUT2D eigenvalue weighted by atomic mass is 28.3. The van der Waals surface area contributed by atoms with Crippen LogP contribution in [0, 0.1) is 0 Å². The number of anilines is 1. The molecule has 0 spiro atoms. The Hall–Kier alpha value is -2.08. The molecular weight excluding hydrogens is 298 g/mol. The van der Waals surface area contributed by atoms with Crippen molar-refractivity contribution in [3.63, 3.8) is 0 Å². The Balaban J connectivity index is 2.56. The van der Waals surface area contributed by atoms with Gasteiger partial charge in [0.1, 0.15) is 0 Å². The lowest BCUT2D eigenvalue weighted by Crippen LogP contribution is -2.52. The third-order valence-electron chi connectivity index (χ3n) is 3.88. The number of hydrogen-bond donors (Lipinski definition) is 1. The zero-order chi connectivity index (χ0) is 16.5. The molecule has 118 valence electrons. The van der Waals surface area contributed by atoms with Crippen molar-refractivity contribution in [2.24, 2.45) is 0 Å². The maximum Gasteiger partial charge on any atom is 0.414 e. The minimum absolute atomic E-state index is 0.536. The monoisotopic (exact) mass is 319 g/mol. The van der Waals surface area contributed by atoms with Crippen LogP contribution in [0.2, 0.25) is 25.2 Å². The number of carboxylic acids is 1. The van der Waals surface area contributed by atoms with E-state index in [0.717, 1.165) is 5.56 Å². The Morgan fingerprint density at radius 2 is 1.91 bits per heavy atom. The molecular formula is C16H21NO4Si. The Kier molecular flexibility index (Phi) is 4.41. The smallest absolute Gasteiger partial charge is 0.414 e. The lowest BCUT2D eigenvalue weighted by Gasteiger charge is -2.40. The van der Waals surface area contributed by atoms with Crippen molar-refractivity contribution in [2.75, 3.05) is 12.0 Å². The average Bonchev–Trinajstić information content (AvgIpc) is 2.44. The van der Waals surface area contributed by atoms with E-state index in [9.17, 15) is 14.7 Å². The summed E-state index contributed by atoms with van der Waals surface area (Å²) in [6, 6.07) is 6.88. The van der Waals surface area contributed by atoms with Crippen LogP contribution in [0.1, 0.15) is 5.56 Å². The molecule has 2 rings (SSSR count). The number of ether oxygens (including phenoxy) is 1. The number of para-hydroxylation sites is 1. The second kappa shape index (κ2) is 5.96. The standard InChI is InChI=1S/C16H21NO4Si/c1-21-16(20)17-12-8-6-5-7-11(12)9-10-13(17)14(15(18)19)22(2,3)4/h5-10,13-14H,1-4H3,(H,18,19). The van der Waals surface area contributed by atoms with E-state index in [1.54, 1.807) is 6.08 Å². The third-order valence-corrected chi connectivity index (χ3v) is 6.33. The van der Waals surface area contributed by atoms with Crippen LogP contribution < -0.4 is 4.90 Å². The van der Waals surface area contributed by atoms with Crippen LogP contribution in [0.5, 0.6) is 0 Å². The van der Waals surface area contributed by atoms with Crippen LogP contribution in [0.25, 0.3) is 6.08 Å². The molecule has 2 atom stereocenters. The van der Waals surface area contributed by atoms with E-state index < -0.39 is 31.7 Å². The molecule has 1 aromatic carbocycles. The quantitative estimate of drug-likeness (QED) is 0.867. The van der Waals surface area contributed by atoms with Gasteiger partial charge in [-0.1, -0.05) is 50.0 Å². The normalized spacial score (nSPS) is 18.5. The minimum Gasteiger partial charge on any atom is -0.481 e. The zero-order valence-electron chi connectivity index (χ0n) is 13.2. The number of methoxy groups -OCH3 is 1. The summed E-state index contributed by atoms with van der Waals surface area (Å²) >= 11 is 0. The van der Waals surface area contributed by atoms with Gasteiger partial charge in [-0.3, -0.25) is 9.69 Å². The van der Waals surface area contributed by atoms with Crippen LogP contribution in [0.3, 0.4) is 0 Å². The van der Waals surface area contributed by atoms with Crippen LogP contribution in [-0.4, -0.2) is 38.4 Å². The summed E-state index contributed by atoms with van der Waals surface area (Å²) in [4.78, 5) is 25.6. The van der Waals surface area contributed by atoms with E-state index in [1.807, 2.05) is 50.0 Å². The number of carbonyl (C=O) groups excluding carboxylic acids is 1.